The lowest BCUT2D eigenvalue weighted by Crippen LogP contribution is -2.39. The molecule has 2 saturated carbocycles. The van der Waals surface area contributed by atoms with Gasteiger partial charge in [-0.2, -0.15) is 0 Å². The Balaban J connectivity index is 1.96. The third kappa shape index (κ3) is 10.6. The maximum absolute atomic E-state index is 4.26. The van der Waals surface area contributed by atoms with Gasteiger partial charge in [-0.05, 0) is 133 Å². The summed E-state index contributed by atoms with van der Waals surface area (Å²) in [7, 11) is 0. The van der Waals surface area contributed by atoms with E-state index in [1.54, 1.807) is 0 Å². The molecule has 0 saturated heterocycles. The van der Waals surface area contributed by atoms with E-state index in [2.05, 4.69) is 104 Å². The number of rotatable bonds is 11. The van der Waals surface area contributed by atoms with Gasteiger partial charge in [0.25, 0.3) is 0 Å². The summed E-state index contributed by atoms with van der Waals surface area (Å²) in [6, 6.07) is 0. The summed E-state index contributed by atoms with van der Waals surface area (Å²) < 4.78 is 0. The molecule has 38 heavy (non-hydrogen) atoms. The van der Waals surface area contributed by atoms with E-state index < -0.39 is 0 Å². The predicted molar refractivity (Wildman–Crippen MR) is 173 cm³/mol. The van der Waals surface area contributed by atoms with Crippen molar-refractivity contribution in [1.82, 2.24) is 0 Å². The second kappa shape index (κ2) is 11.6. The van der Waals surface area contributed by atoms with E-state index in [-0.39, 0.29) is 0 Å². The van der Waals surface area contributed by atoms with Crippen LogP contribution < -0.4 is 0 Å². The first-order chi connectivity index (χ1) is 16.8. The molecule has 0 amide bonds. The summed E-state index contributed by atoms with van der Waals surface area (Å²) in [5, 5.41) is 0. The Morgan fingerprint density at radius 1 is 0.579 bits per heavy atom. The molecular weight excluding hydrogens is 456 g/mol. The van der Waals surface area contributed by atoms with Crippen LogP contribution >= 0.6 is 0 Å². The first kappa shape index (κ1) is 33.9. The second-order valence-corrected chi connectivity index (χ2v) is 20.0. The van der Waals surface area contributed by atoms with Gasteiger partial charge < -0.3 is 0 Å². The summed E-state index contributed by atoms with van der Waals surface area (Å²) in [6.45, 7) is 39.8. The van der Waals surface area contributed by atoms with Crippen LogP contribution in [0.25, 0.3) is 0 Å². The Labute approximate surface area is 242 Å². The summed E-state index contributed by atoms with van der Waals surface area (Å²) in [5.41, 5.74) is 4.45. The van der Waals surface area contributed by atoms with Crippen LogP contribution in [0.2, 0.25) is 0 Å². The minimum atomic E-state index is 0.385. The SMILES string of the molecule is C=C1CCC(C(C)(C)CC(C)(C)CC(C)(C)CC2(C)CCC(C(C)(C)CC(C)(C)CC(C)(C)C)CC2)CC1. The molecule has 0 aromatic carbocycles. The fraction of sp³-hybridized carbons (Fsp3) is 0.947. The molecule has 2 aliphatic carbocycles. The van der Waals surface area contributed by atoms with Crippen LogP contribution in [0.1, 0.15) is 180 Å². The summed E-state index contributed by atoms with van der Waals surface area (Å²) >= 11 is 0. The molecule has 0 aromatic rings. The van der Waals surface area contributed by atoms with E-state index in [1.165, 1.54) is 89.0 Å². The van der Waals surface area contributed by atoms with E-state index in [4.69, 9.17) is 0 Å². The lowest BCUT2D eigenvalue weighted by atomic mass is 9.55. The molecule has 224 valence electrons. The van der Waals surface area contributed by atoms with Crippen LogP contribution in [0.5, 0.6) is 0 Å². The molecule has 2 rings (SSSR count). The van der Waals surface area contributed by atoms with E-state index in [1.807, 2.05) is 0 Å². The molecule has 0 N–H and O–H groups in total. The lowest BCUT2D eigenvalue weighted by molar-refractivity contribution is 0.0118. The Morgan fingerprint density at radius 3 is 1.39 bits per heavy atom. The molecule has 2 aliphatic rings. The average molecular weight is 529 g/mol. The zero-order valence-corrected chi connectivity index (χ0v) is 29.1. The van der Waals surface area contributed by atoms with Crippen molar-refractivity contribution in [2.45, 2.75) is 180 Å². The van der Waals surface area contributed by atoms with E-state index in [0.717, 1.165) is 11.8 Å². The molecule has 0 spiro atoms. The fourth-order valence-electron chi connectivity index (χ4n) is 10.9. The fourth-order valence-corrected chi connectivity index (χ4v) is 10.9. The smallest absolute Gasteiger partial charge is 0.0320 e. The van der Waals surface area contributed by atoms with Gasteiger partial charge in [-0.1, -0.05) is 109 Å². The van der Waals surface area contributed by atoms with Crippen LogP contribution in [0.3, 0.4) is 0 Å². The highest BCUT2D eigenvalue weighted by atomic mass is 14.5. The normalized spacial score (nSPS) is 25.6. The monoisotopic (exact) mass is 529 g/mol. The van der Waals surface area contributed by atoms with E-state index in [0.29, 0.717) is 37.9 Å². The van der Waals surface area contributed by atoms with Gasteiger partial charge in [-0.15, -0.1) is 0 Å². The summed E-state index contributed by atoms with van der Waals surface area (Å²) in [5.74, 6) is 1.74. The molecule has 0 bridgehead atoms. The van der Waals surface area contributed by atoms with Crippen molar-refractivity contribution in [3.8, 4) is 0 Å². The molecular formula is C38H72. The Kier molecular flexibility index (Phi) is 10.3. The molecule has 0 aliphatic heterocycles. The number of hydrogen-bond donors (Lipinski definition) is 0. The Morgan fingerprint density at radius 2 is 0.974 bits per heavy atom. The van der Waals surface area contributed by atoms with Crippen molar-refractivity contribution in [2.75, 3.05) is 0 Å². The van der Waals surface area contributed by atoms with Gasteiger partial charge in [-0.3, -0.25) is 0 Å². The minimum absolute atomic E-state index is 0.385. The standard InChI is InChI=1S/C38H72/c1-29-16-18-30(19-17-29)36(11,12)27-34(7,8)25-35(9,10)28-38(15)22-20-31(21-23-38)37(13,14)26-33(5,6)24-32(2,3)4/h30-31H,1,16-28H2,2-15H3. The molecule has 2 fully saturated rings. The maximum atomic E-state index is 4.26. The van der Waals surface area contributed by atoms with Crippen LogP contribution in [0.4, 0.5) is 0 Å². The van der Waals surface area contributed by atoms with Crippen molar-refractivity contribution >= 4 is 0 Å². The molecule has 0 atom stereocenters. The summed E-state index contributed by atoms with van der Waals surface area (Å²) in [6.07, 6.45) is 17.6. The Hall–Kier alpha value is -0.260. The first-order valence-corrected chi connectivity index (χ1v) is 16.5. The van der Waals surface area contributed by atoms with Gasteiger partial charge in [-0.25, -0.2) is 0 Å². The van der Waals surface area contributed by atoms with Gasteiger partial charge in [0.05, 0.1) is 0 Å². The van der Waals surface area contributed by atoms with Crippen molar-refractivity contribution in [3.63, 3.8) is 0 Å². The highest BCUT2D eigenvalue weighted by Gasteiger charge is 2.44. The zero-order chi connectivity index (χ0) is 29.4. The van der Waals surface area contributed by atoms with Crippen molar-refractivity contribution < 1.29 is 0 Å². The van der Waals surface area contributed by atoms with E-state index in [9.17, 15) is 0 Å². The van der Waals surface area contributed by atoms with Gasteiger partial charge in [0.15, 0.2) is 0 Å². The topological polar surface area (TPSA) is 0 Å². The third-order valence-corrected chi connectivity index (χ3v) is 10.8. The van der Waals surface area contributed by atoms with Crippen LogP contribution in [0.15, 0.2) is 12.2 Å². The quantitative estimate of drug-likeness (QED) is 0.234. The highest BCUT2D eigenvalue weighted by Crippen LogP contribution is 2.56. The van der Waals surface area contributed by atoms with Crippen LogP contribution in [-0.4, -0.2) is 0 Å². The van der Waals surface area contributed by atoms with Crippen molar-refractivity contribution in [2.24, 2.45) is 49.7 Å². The van der Waals surface area contributed by atoms with Crippen LogP contribution in [0, 0.1) is 49.7 Å². The summed E-state index contributed by atoms with van der Waals surface area (Å²) in [4.78, 5) is 0. The Bertz CT molecular complexity index is 759. The lowest BCUT2D eigenvalue weighted by Gasteiger charge is -2.50. The molecule has 0 heterocycles. The van der Waals surface area contributed by atoms with Gasteiger partial charge in [0, 0.05) is 0 Å². The number of hydrogen-bond acceptors (Lipinski definition) is 0. The third-order valence-electron chi connectivity index (χ3n) is 10.8. The van der Waals surface area contributed by atoms with Crippen molar-refractivity contribution in [3.05, 3.63) is 12.2 Å². The minimum Gasteiger partial charge on any atom is -0.0999 e. The highest BCUT2D eigenvalue weighted by molar-refractivity contribution is 5.01. The average Bonchev–Trinajstić information content (AvgIpc) is 2.62. The van der Waals surface area contributed by atoms with E-state index >= 15 is 0 Å². The molecule has 0 heteroatoms. The van der Waals surface area contributed by atoms with Gasteiger partial charge >= 0.3 is 0 Å². The second-order valence-electron chi connectivity index (χ2n) is 20.0. The zero-order valence-electron chi connectivity index (χ0n) is 29.1. The molecule has 0 unspecified atom stereocenters. The molecule has 0 radical (unpaired) electrons. The van der Waals surface area contributed by atoms with Gasteiger partial charge in [0.1, 0.15) is 0 Å². The van der Waals surface area contributed by atoms with Crippen molar-refractivity contribution in [1.29, 1.82) is 0 Å². The van der Waals surface area contributed by atoms with Crippen LogP contribution in [-0.2, 0) is 0 Å². The molecule has 0 nitrogen and oxygen atoms in total. The largest absolute Gasteiger partial charge is 0.0999 e. The maximum Gasteiger partial charge on any atom is -0.0320 e. The first-order valence-electron chi connectivity index (χ1n) is 16.5. The number of allylic oxidation sites excluding steroid dienone is 1. The molecule has 0 aromatic heterocycles. The van der Waals surface area contributed by atoms with Gasteiger partial charge in [0.2, 0.25) is 0 Å². The predicted octanol–water partition coefficient (Wildman–Crippen LogP) is 13.1.